The van der Waals surface area contributed by atoms with E-state index in [2.05, 4.69) is 15.7 Å². The summed E-state index contributed by atoms with van der Waals surface area (Å²) in [6.45, 7) is 1.70. The molecule has 1 aromatic rings. The molecule has 0 amide bonds. The molecule has 2 aliphatic carbocycles. The Kier molecular flexibility index (Phi) is 4.20. The molecule has 106 valence electrons. The molecule has 3 rings (SSSR count). The maximum absolute atomic E-state index is 5.20. The van der Waals surface area contributed by atoms with E-state index in [-0.39, 0.29) is 5.54 Å². The third kappa shape index (κ3) is 3.01. The largest absolute Gasteiger partial charge is 0.383 e. The average Bonchev–Trinajstić information content (AvgIpc) is 3.14. The molecule has 1 N–H and O–H groups in total. The van der Waals surface area contributed by atoms with E-state index in [1.54, 1.807) is 18.4 Å². The predicted molar refractivity (Wildman–Crippen MR) is 78.4 cm³/mol. The molecule has 19 heavy (non-hydrogen) atoms. The van der Waals surface area contributed by atoms with Gasteiger partial charge in [0.25, 0.3) is 0 Å². The highest BCUT2D eigenvalue weighted by Gasteiger charge is 2.43. The van der Waals surface area contributed by atoms with Crippen LogP contribution in [0.4, 0.5) is 0 Å². The Morgan fingerprint density at radius 3 is 3.00 bits per heavy atom. The van der Waals surface area contributed by atoms with Crippen molar-refractivity contribution in [3.8, 4) is 0 Å². The fourth-order valence-electron chi connectivity index (χ4n) is 3.57. The minimum absolute atomic E-state index is 0.123. The molecule has 2 unspecified atom stereocenters. The molecule has 2 aliphatic rings. The normalized spacial score (nSPS) is 31.5. The molecule has 0 aliphatic heterocycles. The van der Waals surface area contributed by atoms with Gasteiger partial charge in [-0.1, -0.05) is 12.8 Å². The van der Waals surface area contributed by atoms with E-state index < -0.39 is 0 Å². The summed E-state index contributed by atoms with van der Waals surface area (Å²) in [5.41, 5.74) is 0.123. The van der Waals surface area contributed by atoms with Crippen molar-refractivity contribution in [2.24, 2.45) is 11.8 Å². The molecule has 0 radical (unpaired) electrons. The number of hydrogen-bond acceptors (Lipinski definition) is 4. The number of nitrogens with one attached hydrogen (secondary N) is 1. The summed E-state index contributed by atoms with van der Waals surface area (Å²) < 4.78 is 5.20. The number of rotatable bonds is 6. The molecule has 0 aromatic carbocycles. The molecule has 4 heteroatoms. The Hall–Kier alpha value is -0.450. The van der Waals surface area contributed by atoms with Crippen molar-refractivity contribution in [3.05, 3.63) is 16.6 Å². The van der Waals surface area contributed by atoms with Gasteiger partial charge >= 0.3 is 0 Å². The lowest BCUT2D eigenvalue weighted by Gasteiger charge is -2.40. The van der Waals surface area contributed by atoms with E-state index in [1.807, 2.05) is 6.20 Å². The number of nitrogens with zero attached hydrogens (tertiary/aromatic N) is 1. The summed E-state index contributed by atoms with van der Waals surface area (Å²) in [5.74, 6) is 1.91. The van der Waals surface area contributed by atoms with Crippen LogP contribution in [0.3, 0.4) is 0 Å². The number of thiazole rings is 1. The van der Waals surface area contributed by atoms with Gasteiger partial charge < -0.3 is 10.1 Å². The zero-order chi connectivity index (χ0) is 13.1. The van der Waals surface area contributed by atoms with Gasteiger partial charge in [-0.2, -0.15) is 0 Å². The Balaban J connectivity index is 1.74. The topological polar surface area (TPSA) is 34.1 Å². The van der Waals surface area contributed by atoms with E-state index >= 15 is 0 Å². The van der Waals surface area contributed by atoms with Crippen LogP contribution < -0.4 is 5.32 Å². The lowest BCUT2D eigenvalue weighted by molar-refractivity contribution is 0.137. The first kappa shape index (κ1) is 13.5. The zero-order valence-corrected chi connectivity index (χ0v) is 12.5. The number of hydrogen-bond donors (Lipinski definition) is 1. The van der Waals surface area contributed by atoms with Gasteiger partial charge in [0.2, 0.25) is 0 Å². The van der Waals surface area contributed by atoms with Gasteiger partial charge in [-0.15, -0.1) is 11.3 Å². The van der Waals surface area contributed by atoms with Gasteiger partial charge in [0.15, 0.2) is 0 Å². The van der Waals surface area contributed by atoms with Gasteiger partial charge in [0.1, 0.15) is 5.01 Å². The second-order valence-electron chi connectivity index (χ2n) is 6.03. The van der Waals surface area contributed by atoms with Crippen molar-refractivity contribution in [2.75, 3.05) is 20.3 Å². The Labute approximate surface area is 119 Å². The minimum Gasteiger partial charge on any atom is -0.383 e. The quantitative estimate of drug-likeness (QED) is 0.813. The van der Waals surface area contributed by atoms with E-state index in [0.717, 1.165) is 25.0 Å². The van der Waals surface area contributed by atoms with Crippen LogP contribution in [0, 0.1) is 11.8 Å². The van der Waals surface area contributed by atoms with Crippen LogP contribution in [-0.2, 0) is 10.3 Å². The average molecular weight is 280 g/mol. The number of ether oxygens (including phenoxy) is 1. The van der Waals surface area contributed by atoms with Crippen molar-refractivity contribution in [2.45, 2.75) is 44.1 Å². The minimum atomic E-state index is 0.123. The Bertz CT molecular complexity index is 391. The molecule has 0 bridgehead atoms. The van der Waals surface area contributed by atoms with Crippen LogP contribution >= 0.6 is 11.3 Å². The smallest absolute Gasteiger partial charge is 0.113 e. The van der Waals surface area contributed by atoms with Gasteiger partial charge in [-0.05, 0) is 37.5 Å². The summed E-state index contributed by atoms with van der Waals surface area (Å²) >= 11 is 1.81. The van der Waals surface area contributed by atoms with Crippen LogP contribution in [-0.4, -0.2) is 25.2 Å². The van der Waals surface area contributed by atoms with Crippen molar-refractivity contribution >= 4 is 11.3 Å². The molecule has 0 saturated heterocycles. The van der Waals surface area contributed by atoms with Crippen molar-refractivity contribution in [1.82, 2.24) is 10.3 Å². The van der Waals surface area contributed by atoms with Gasteiger partial charge in [0.05, 0.1) is 12.1 Å². The lowest BCUT2D eigenvalue weighted by Crippen LogP contribution is -2.47. The molecule has 2 atom stereocenters. The second kappa shape index (κ2) is 5.90. The highest BCUT2D eigenvalue weighted by molar-refractivity contribution is 7.09. The van der Waals surface area contributed by atoms with Gasteiger partial charge in [0, 0.05) is 25.2 Å². The van der Waals surface area contributed by atoms with E-state index in [9.17, 15) is 0 Å². The lowest BCUT2D eigenvalue weighted by atomic mass is 9.74. The molecular weight excluding hydrogens is 256 g/mol. The van der Waals surface area contributed by atoms with Crippen LogP contribution in [0.2, 0.25) is 0 Å². The maximum Gasteiger partial charge on any atom is 0.113 e. The number of aromatic nitrogens is 1. The molecule has 3 nitrogen and oxygen atoms in total. The van der Waals surface area contributed by atoms with Crippen LogP contribution in [0.15, 0.2) is 11.6 Å². The summed E-state index contributed by atoms with van der Waals surface area (Å²) in [5, 5.41) is 7.17. The molecular formula is C15H24N2OS. The fraction of sp³-hybridized carbons (Fsp3) is 0.800. The molecule has 1 aromatic heterocycles. The summed E-state index contributed by atoms with van der Waals surface area (Å²) in [6, 6.07) is 0. The Morgan fingerprint density at radius 1 is 1.42 bits per heavy atom. The summed E-state index contributed by atoms with van der Waals surface area (Å²) in [7, 11) is 1.77. The zero-order valence-electron chi connectivity index (χ0n) is 11.7. The third-order valence-electron chi connectivity index (χ3n) is 4.69. The van der Waals surface area contributed by atoms with Crippen molar-refractivity contribution in [3.63, 3.8) is 0 Å². The maximum atomic E-state index is 5.20. The monoisotopic (exact) mass is 280 g/mol. The SMILES string of the molecule is COCCNC1(c2nccs2)CCCC(C2CC2)C1. The molecule has 2 saturated carbocycles. The fourth-order valence-corrected chi connectivity index (χ4v) is 4.43. The van der Waals surface area contributed by atoms with Crippen molar-refractivity contribution in [1.29, 1.82) is 0 Å². The standard InChI is InChI=1S/C15H24N2OS/c1-18-9-7-17-15(14-16-8-10-19-14)6-2-3-13(11-15)12-4-5-12/h8,10,12-13,17H,2-7,9,11H2,1H3. The highest BCUT2D eigenvalue weighted by Crippen LogP contribution is 2.49. The van der Waals surface area contributed by atoms with E-state index in [4.69, 9.17) is 4.74 Å². The van der Waals surface area contributed by atoms with Crippen LogP contribution in [0.25, 0.3) is 0 Å². The van der Waals surface area contributed by atoms with E-state index in [1.165, 1.54) is 43.5 Å². The van der Waals surface area contributed by atoms with Gasteiger partial charge in [-0.25, -0.2) is 4.98 Å². The second-order valence-corrected chi connectivity index (χ2v) is 6.93. The summed E-state index contributed by atoms with van der Waals surface area (Å²) in [6.07, 6.45) is 10.1. The highest BCUT2D eigenvalue weighted by atomic mass is 32.1. The molecule has 0 spiro atoms. The van der Waals surface area contributed by atoms with Crippen LogP contribution in [0.5, 0.6) is 0 Å². The third-order valence-corrected chi connectivity index (χ3v) is 5.67. The molecule has 2 fully saturated rings. The Morgan fingerprint density at radius 2 is 2.32 bits per heavy atom. The van der Waals surface area contributed by atoms with Crippen LogP contribution in [0.1, 0.15) is 43.5 Å². The first-order valence-corrected chi connectivity index (χ1v) is 8.36. The van der Waals surface area contributed by atoms with Crippen molar-refractivity contribution < 1.29 is 4.74 Å². The van der Waals surface area contributed by atoms with Gasteiger partial charge in [-0.3, -0.25) is 0 Å². The predicted octanol–water partition coefficient (Wildman–Crippen LogP) is 3.17. The summed E-state index contributed by atoms with van der Waals surface area (Å²) in [4.78, 5) is 4.62. The van der Waals surface area contributed by atoms with E-state index in [0.29, 0.717) is 0 Å². The number of methoxy groups -OCH3 is 1. The first-order valence-electron chi connectivity index (χ1n) is 7.48. The molecule has 1 heterocycles. The first-order chi connectivity index (χ1) is 9.34.